The summed E-state index contributed by atoms with van der Waals surface area (Å²) in [5, 5.41) is 0.228. The highest BCUT2D eigenvalue weighted by atomic mass is 32.2. The molecule has 0 radical (unpaired) electrons. The number of aryl methyl sites for hydroxylation is 1. The van der Waals surface area contributed by atoms with Gasteiger partial charge in [0.25, 0.3) is 0 Å². The second-order valence-corrected chi connectivity index (χ2v) is 6.34. The van der Waals surface area contributed by atoms with Crippen LogP contribution in [0.2, 0.25) is 0 Å². The molecule has 2 nitrogen and oxygen atoms in total. The number of hydrogen-bond donors (Lipinski definition) is 1. The summed E-state index contributed by atoms with van der Waals surface area (Å²) in [6.07, 6.45) is 0.945. The van der Waals surface area contributed by atoms with Crippen molar-refractivity contribution in [3.05, 3.63) is 59.7 Å². The van der Waals surface area contributed by atoms with Gasteiger partial charge in [0.1, 0.15) is 5.75 Å². The molecule has 0 saturated carbocycles. The lowest BCUT2D eigenvalue weighted by atomic mass is 10.0. The molecule has 112 valence electrons. The molecule has 0 saturated heterocycles. The number of nitrogens with two attached hydrogens (primary N) is 1. The molecule has 0 spiro atoms. The first-order valence-electron chi connectivity index (χ1n) is 7.27. The Balaban J connectivity index is 2.32. The zero-order valence-electron chi connectivity index (χ0n) is 12.9. The predicted molar refractivity (Wildman–Crippen MR) is 91.0 cm³/mol. The van der Waals surface area contributed by atoms with Crippen molar-refractivity contribution in [1.29, 1.82) is 0 Å². The van der Waals surface area contributed by atoms with Crippen LogP contribution in [0.25, 0.3) is 0 Å². The summed E-state index contributed by atoms with van der Waals surface area (Å²) < 4.78 is 5.34. The Kier molecular flexibility index (Phi) is 5.71. The Morgan fingerprint density at radius 2 is 1.90 bits per heavy atom. The molecule has 0 aliphatic carbocycles. The summed E-state index contributed by atoms with van der Waals surface area (Å²) in [4.78, 5) is 1.29. The van der Waals surface area contributed by atoms with Crippen LogP contribution >= 0.6 is 11.8 Å². The lowest BCUT2D eigenvalue weighted by Crippen LogP contribution is -2.25. The lowest BCUT2D eigenvalue weighted by Gasteiger charge is -2.24. The van der Waals surface area contributed by atoms with Gasteiger partial charge in [-0.3, -0.25) is 0 Å². The van der Waals surface area contributed by atoms with E-state index in [1.54, 1.807) is 7.11 Å². The van der Waals surface area contributed by atoms with Gasteiger partial charge in [0.2, 0.25) is 0 Å². The summed E-state index contributed by atoms with van der Waals surface area (Å²) in [6, 6.07) is 16.8. The largest absolute Gasteiger partial charge is 0.497 e. The molecule has 0 heterocycles. The fourth-order valence-corrected chi connectivity index (χ4v) is 3.60. The predicted octanol–water partition coefficient (Wildman–Crippen LogP) is 4.57. The van der Waals surface area contributed by atoms with E-state index in [0.717, 1.165) is 12.2 Å². The van der Waals surface area contributed by atoms with Crippen LogP contribution < -0.4 is 10.5 Å². The number of benzene rings is 2. The molecule has 2 rings (SSSR count). The monoisotopic (exact) mass is 301 g/mol. The van der Waals surface area contributed by atoms with Crippen LogP contribution in [0.5, 0.6) is 5.75 Å². The van der Waals surface area contributed by atoms with E-state index in [0.29, 0.717) is 0 Å². The second kappa shape index (κ2) is 7.53. The van der Waals surface area contributed by atoms with E-state index in [1.165, 1.54) is 16.0 Å². The zero-order chi connectivity index (χ0) is 15.2. The summed E-state index contributed by atoms with van der Waals surface area (Å²) in [5.74, 6) is 0.881. The maximum absolute atomic E-state index is 6.38. The van der Waals surface area contributed by atoms with Crippen molar-refractivity contribution in [3.8, 4) is 5.75 Å². The van der Waals surface area contributed by atoms with E-state index in [9.17, 15) is 0 Å². The van der Waals surface area contributed by atoms with E-state index >= 15 is 0 Å². The number of ether oxygens (including phenoxy) is 1. The molecule has 2 aromatic carbocycles. The fourth-order valence-electron chi connectivity index (χ4n) is 2.26. The van der Waals surface area contributed by atoms with Crippen LogP contribution in [-0.2, 0) is 0 Å². The molecule has 3 heteroatoms. The van der Waals surface area contributed by atoms with Crippen LogP contribution in [0, 0.1) is 6.92 Å². The molecule has 0 fully saturated rings. The van der Waals surface area contributed by atoms with Gasteiger partial charge in [0.15, 0.2) is 0 Å². The fraction of sp³-hybridized carbons (Fsp3) is 0.333. The van der Waals surface area contributed by atoms with E-state index in [1.807, 2.05) is 23.9 Å². The lowest BCUT2D eigenvalue weighted by molar-refractivity contribution is 0.414. The minimum absolute atomic E-state index is 0.113. The van der Waals surface area contributed by atoms with Crippen molar-refractivity contribution < 1.29 is 4.74 Å². The maximum Gasteiger partial charge on any atom is 0.119 e. The van der Waals surface area contributed by atoms with Gasteiger partial charge < -0.3 is 10.5 Å². The third-order valence-electron chi connectivity index (χ3n) is 3.63. The Morgan fingerprint density at radius 3 is 2.57 bits per heavy atom. The van der Waals surface area contributed by atoms with E-state index < -0.39 is 0 Å². The SMILES string of the molecule is CCC(N)C(Sc1ccccc1C)c1cccc(OC)c1. The number of methoxy groups -OCH3 is 1. The Morgan fingerprint density at radius 1 is 1.14 bits per heavy atom. The molecule has 0 aliphatic rings. The van der Waals surface area contributed by atoms with Crippen molar-refractivity contribution in [2.24, 2.45) is 5.73 Å². The normalized spacial score (nSPS) is 13.7. The molecule has 2 aromatic rings. The van der Waals surface area contributed by atoms with Crippen molar-refractivity contribution in [3.63, 3.8) is 0 Å². The number of hydrogen-bond acceptors (Lipinski definition) is 3. The number of thioether (sulfide) groups is 1. The van der Waals surface area contributed by atoms with E-state index in [-0.39, 0.29) is 11.3 Å². The summed E-state index contributed by atoms with van der Waals surface area (Å²) >= 11 is 1.84. The van der Waals surface area contributed by atoms with Crippen molar-refractivity contribution in [1.82, 2.24) is 0 Å². The first-order chi connectivity index (χ1) is 10.2. The topological polar surface area (TPSA) is 35.2 Å². The van der Waals surface area contributed by atoms with Crippen LogP contribution in [-0.4, -0.2) is 13.2 Å². The molecule has 0 aliphatic heterocycles. The van der Waals surface area contributed by atoms with Gasteiger partial charge in [0, 0.05) is 16.2 Å². The van der Waals surface area contributed by atoms with Gasteiger partial charge in [-0.05, 0) is 42.7 Å². The van der Waals surface area contributed by atoms with Crippen molar-refractivity contribution in [2.75, 3.05) is 7.11 Å². The molecular weight excluding hydrogens is 278 g/mol. The highest BCUT2D eigenvalue weighted by Gasteiger charge is 2.21. The van der Waals surface area contributed by atoms with Crippen LogP contribution in [0.1, 0.15) is 29.7 Å². The molecular formula is C18H23NOS. The van der Waals surface area contributed by atoms with Crippen LogP contribution in [0.4, 0.5) is 0 Å². The van der Waals surface area contributed by atoms with Crippen molar-refractivity contribution >= 4 is 11.8 Å². The average molecular weight is 301 g/mol. The molecule has 2 N–H and O–H groups in total. The molecule has 2 atom stereocenters. The van der Waals surface area contributed by atoms with Gasteiger partial charge in [-0.1, -0.05) is 37.3 Å². The van der Waals surface area contributed by atoms with Gasteiger partial charge in [-0.2, -0.15) is 0 Å². The highest BCUT2D eigenvalue weighted by molar-refractivity contribution is 7.99. The molecule has 0 amide bonds. The third kappa shape index (κ3) is 4.02. The maximum atomic E-state index is 6.38. The zero-order valence-corrected chi connectivity index (χ0v) is 13.7. The van der Waals surface area contributed by atoms with E-state index in [2.05, 4.69) is 50.2 Å². The first-order valence-corrected chi connectivity index (χ1v) is 8.15. The molecule has 0 bridgehead atoms. The van der Waals surface area contributed by atoms with Gasteiger partial charge in [-0.25, -0.2) is 0 Å². The minimum atomic E-state index is 0.113. The Bertz CT molecular complexity index is 585. The van der Waals surface area contributed by atoms with E-state index in [4.69, 9.17) is 10.5 Å². The first kappa shape index (κ1) is 15.9. The summed E-state index contributed by atoms with van der Waals surface area (Å²) in [6.45, 7) is 4.28. The van der Waals surface area contributed by atoms with Gasteiger partial charge >= 0.3 is 0 Å². The van der Waals surface area contributed by atoms with Crippen LogP contribution in [0.3, 0.4) is 0 Å². The smallest absolute Gasteiger partial charge is 0.119 e. The second-order valence-electron chi connectivity index (χ2n) is 5.15. The van der Waals surface area contributed by atoms with Gasteiger partial charge in [-0.15, -0.1) is 11.8 Å². The van der Waals surface area contributed by atoms with Crippen molar-refractivity contribution in [2.45, 2.75) is 36.5 Å². The average Bonchev–Trinajstić information content (AvgIpc) is 2.53. The standard InChI is InChI=1S/C18H23NOS/c1-4-16(19)18(14-9-7-10-15(12-14)20-3)21-17-11-6-5-8-13(17)2/h5-12,16,18H,4,19H2,1-3H3. The molecule has 21 heavy (non-hydrogen) atoms. The summed E-state index contributed by atoms with van der Waals surface area (Å²) in [5.41, 5.74) is 8.89. The molecule has 2 unspecified atom stereocenters. The summed E-state index contributed by atoms with van der Waals surface area (Å²) in [7, 11) is 1.70. The Hall–Kier alpha value is -1.45. The number of rotatable bonds is 6. The molecule has 0 aromatic heterocycles. The quantitative estimate of drug-likeness (QED) is 0.794. The highest BCUT2D eigenvalue weighted by Crippen LogP contribution is 2.40. The van der Waals surface area contributed by atoms with Crippen LogP contribution in [0.15, 0.2) is 53.4 Å². The minimum Gasteiger partial charge on any atom is -0.497 e. The Labute approximate surface area is 131 Å². The third-order valence-corrected chi connectivity index (χ3v) is 5.22. The van der Waals surface area contributed by atoms with Gasteiger partial charge in [0.05, 0.1) is 7.11 Å².